The Kier molecular flexibility index (Phi) is 7.82. The van der Waals surface area contributed by atoms with Gasteiger partial charge in [-0.2, -0.15) is 17.4 Å². The molecule has 4 nitrogen and oxygen atoms in total. The largest absolute Gasteiger partial charge is 0.387 e. The number of anilines is 1. The van der Waals surface area contributed by atoms with Crippen molar-refractivity contribution >= 4 is 33.7 Å². The fourth-order valence-corrected chi connectivity index (χ4v) is 4.74. The second kappa shape index (κ2) is 10.2. The summed E-state index contributed by atoms with van der Waals surface area (Å²) in [6.45, 7) is 5.38. The number of ether oxygens (including phenoxy) is 1. The zero-order valence-electron chi connectivity index (χ0n) is 17.2. The van der Waals surface area contributed by atoms with Gasteiger partial charge in [0.2, 0.25) is 5.91 Å². The average molecular weight is 492 g/mol. The van der Waals surface area contributed by atoms with Crippen LogP contribution in [-0.4, -0.2) is 18.6 Å². The van der Waals surface area contributed by atoms with E-state index in [4.69, 9.17) is 4.74 Å². The van der Waals surface area contributed by atoms with Crippen molar-refractivity contribution in [1.29, 1.82) is 5.26 Å². The molecule has 0 saturated carbocycles. The molecule has 1 aliphatic rings. The summed E-state index contributed by atoms with van der Waals surface area (Å²) in [7, 11) is 0. The van der Waals surface area contributed by atoms with Gasteiger partial charge < -0.3 is 9.64 Å². The van der Waals surface area contributed by atoms with E-state index < -0.39 is 0 Å². The standard InChI is InChI=1S/C24H23N2O2S.Y/c1-16(2)22-12-24(27)26(23(22)15-28-14-20-7-4-10-29-20)19-8-9-21-17(11-19)5-3-6-18(21)13-25;/h3-9,11,16,22-23H,12,14-15H2,1-2H3;/q-1;. The summed E-state index contributed by atoms with van der Waals surface area (Å²) in [5, 5.41) is 14.3. The molecule has 2 unspecified atom stereocenters. The third kappa shape index (κ3) is 4.68. The van der Waals surface area contributed by atoms with Crippen LogP contribution in [0.25, 0.3) is 10.8 Å². The van der Waals surface area contributed by atoms with E-state index in [2.05, 4.69) is 25.3 Å². The van der Waals surface area contributed by atoms with Crippen molar-refractivity contribution < 1.29 is 42.2 Å². The van der Waals surface area contributed by atoms with Gasteiger partial charge in [-0.15, -0.1) is 10.3 Å². The first-order valence-corrected chi connectivity index (χ1v) is 10.7. The SMILES string of the molecule is CC(C)C1CC(=O)N(c2ccc3c(C#N)cccc3c2)C1COCc1cc[c-]s1.[Y]. The van der Waals surface area contributed by atoms with Crippen molar-refractivity contribution in [3.05, 3.63) is 64.4 Å². The van der Waals surface area contributed by atoms with Gasteiger partial charge in [0, 0.05) is 51.4 Å². The zero-order valence-corrected chi connectivity index (χ0v) is 20.8. The summed E-state index contributed by atoms with van der Waals surface area (Å²) in [6.07, 6.45) is 0.536. The molecule has 2 heterocycles. The number of thiophene rings is 1. The summed E-state index contributed by atoms with van der Waals surface area (Å²) in [4.78, 5) is 16.0. The molecular formula is C24H23N2O2SY-. The smallest absolute Gasteiger partial charge is 0.227 e. The van der Waals surface area contributed by atoms with Crippen LogP contribution in [0.5, 0.6) is 0 Å². The minimum absolute atomic E-state index is 0. The molecule has 0 N–H and O–H groups in total. The number of rotatable bonds is 6. The quantitative estimate of drug-likeness (QED) is 0.447. The maximum atomic E-state index is 13.0. The number of benzene rings is 2. The summed E-state index contributed by atoms with van der Waals surface area (Å²) < 4.78 is 6.02. The van der Waals surface area contributed by atoms with Gasteiger partial charge in [0.15, 0.2) is 0 Å². The number of amides is 1. The van der Waals surface area contributed by atoms with Gasteiger partial charge in [-0.3, -0.25) is 16.1 Å². The first-order chi connectivity index (χ1) is 14.1. The first kappa shape index (κ1) is 23.1. The fourth-order valence-electron chi connectivity index (χ4n) is 4.17. The fraction of sp³-hybridized carbons (Fsp3) is 0.333. The van der Waals surface area contributed by atoms with Crippen LogP contribution < -0.4 is 4.90 Å². The van der Waals surface area contributed by atoms with E-state index in [0.717, 1.165) is 21.3 Å². The van der Waals surface area contributed by atoms with Gasteiger partial charge >= 0.3 is 0 Å². The third-order valence-electron chi connectivity index (χ3n) is 5.68. The van der Waals surface area contributed by atoms with Crippen molar-refractivity contribution in [2.24, 2.45) is 11.8 Å². The van der Waals surface area contributed by atoms with Crippen LogP contribution in [0, 0.1) is 28.5 Å². The zero-order chi connectivity index (χ0) is 20.4. The molecule has 1 saturated heterocycles. The molecule has 2 aromatic carbocycles. The van der Waals surface area contributed by atoms with Crippen LogP contribution in [0.2, 0.25) is 0 Å². The number of carbonyl (C=O) groups excluding carboxylic acids is 1. The molecular weight excluding hydrogens is 469 g/mol. The Morgan fingerprint density at radius 3 is 2.83 bits per heavy atom. The number of hydrogen-bond donors (Lipinski definition) is 0. The van der Waals surface area contributed by atoms with Gasteiger partial charge in [-0.25, -0.2) is 0 Å². The Labute approximate surface area is 206 Å². The van der Waals surface area contributed by atoms with E-state index in [9.17, 15) is 10.1 Å². The predicted octanol–water partition coefficient (Wildman–Crippen LogP) is 5.16. The summed E-state index contributed by atoms with van der Waals surface area (Å²) in [5.41, 5.74) is 1.52. The van der Waals surface area contributed by atoms with E-state index in [1.165, 1.54) is 0 Å². The summed E-state index contributed by atoms with van der Waals surface area (Å²) in [5.74, 6) is 0.773. The number of hydrogen-bond acceptors (Lipinski definition) is 4. The monoisotopic (exact) mass is 492 g/mol. The molecule has 3 aromatic rings. The van der Waals surface area contributed by atoms with Crippen molar-refractivity contribution in [3.8, 4) is 6.07 Å². The molecule has 1 fully saturated rings. The van der Waals surface area contributed by atoms with Crippen molar-refractivity contribution in [3.63, 3.8) is 0 Å². The Bertz CT molecular complexity index is 1060. The Balaban J connectivity index is 0.00000256. The third-order valence-corrected chi connectivity index (χ3v) is 6.45. The minimum Gasteiger partial charge on any atom is -0.387 e. The van der Waals surface area contributed by atoms with Crippen LogP contribution in [0.4, 0.5) is 5.69 Å². The number of fused-ring (bicyclic) bond motifs is 1. The number of nitriles is 1. The Morgan fingerprint density at radius 1 is 1.30 bits per heavy atom. The van der Waals surface area contributed by atoms with Gasteiger partial charge in [-0.05, 0) is 40.8 Å². The maximum Gasteiger partial charge on any atom is 0.227 e. The number of nitrogens with zero attached hydrogens (tertiary/aromatic N) is 2. The van der Waals surface area contributed by atoms with Crippen LogP contribution in [0.1, 0.15) is 30.7 Å². The van der Waals surface area contributed by atoms with E-state index >= 15 is 0 Å². The van der Waals surface area contributed by atoms with Crippen LogP contribution in [0.3, 0.4) is 0 Å². The van der Waals surface area contributed by atoms with E-state index in [1.807, 2.05) is 53.4 Å². The van der Waals surface area contributed by atoms with Gasteiger partial charge in [0.05, 0.1) is 24.3 Å². The molecule has 0 spiro atoms. The first-order valence-electron chi connectivity index (χ1n) is 9.86. The van der Waals surface area contributed by atoms with Crippen molar-refractivity contribution in [1.82, 2.24) is 0 Å². The molecule has 30 heavy (non-hydrogen) atoms. The topological polar surface area (TPSA) is 53.3 Å². The average Bonchev–Trinajstić information content (AvgIpc) is 3.35. The second-order valence-corrected chi connectivity index (χ2v) is 8.76. The Morgan fingerprint density at radius 2 is 2.13 bits per heavy atom. The minimum atomic E-state index is 0. The van der Waals surface area contributed by atoms with Crippen LogP contribution in [-0.2, 0) is 48.8 Å². The molecule has 4 rings (SSSR count). The molecule has 1 aromatic heterocycles. The molecule has 151 valence electrons. The summed E-state index contributed by atoms with van der Waals surface area (Å²) >= 11 is 1.56. The molecule has 0 aliphatic carbocycles. The maximum absolute atomic E-state index is 13.0. The van der Waals surface area contributed by atoms with Gasteiger partial charge in [-0.1, -0.05) is 32.0 Å². The van der Waals surface area contributed by atoms with E-state index in [1.54, 1.807) is 11.3 Å². The predicted molar refractivity (Wildman–Crippen MR) is 116 cm³/mol. The molecule has 6 heteroatoms. The molecule has 1 radical (unpaired) electrons. The summed E-state index contributed by atoms with van der Waals surface area (Å²) in [6, 6.07) is 17.7. The van der Waals surface area contributed by atoms with E-state index in [-0.39, 0.29) is 50.6 Å². The second-order valence-electron chi connectivity index (χ2n) is 7.80. The normalized spacial score (nSPS) is 18.6. The molecule has 1 aliphatic heterocycles. The molecule has 1 amide bonds. The molecule has 0 bridgehead atoms. The molecule has 2 atom stereocenters. The van der Waals surface area contributed by atoms with Crippen LogP contribution in [0.15, 0.2) is 48.5 Å². The van der Waals surface area contributed by atoms with Crippen LogP contribution >= 0.6 is 11.3 Å². The van der Waals surface area contributed by atoms with Crippen molar-refractivity contribution in [2.45, 2.75) is 32.9 Å². The number of carbonyl (C=O) groups is 1. The van der Waals surface area contributed by atoms with Gasteiger partial charge in [0.1, 0.15) is 0 Å². The van der Waals surface area contributed by atoms with Crippen molar-refractivity contribution in [2.75, 3.05) is 11.5 Å². The Hall–Kier alpha value is -1.58. The van der Waals surface area contributed by atoms with E-state index in [0.29, 0.717) is 31.1 Å². The van der Waals surface area contributed by atoms with Gasteiger partial charge in [0.25, 0.3) is 0 Å².